The van der Waals surface area contributed by atoms with Crippen LogP contribution in [0.25, 0.3) is 0 Å². The number of carbonyl (C=O) groups excluding carboxylic acids is 1. The van der Waals surface area contributed by atoms with Crippen LogP contribution in [0.3, 0.4) is 0 Å². The molecule has 1 heterocycles. The number of ether oxygens (including phenoxy) is 1. The van der Waals surface area contributed by atoms with Crippen molar-refractivity contribution in [3.05, 3.63) is 41.7 Å². The molecule has 0 fully saturated rings. The van der Waals surface area contributed by atoms with Crippen molar-refractivity contribution in [2.24, 2.45) is 0 Å². The molecule has 0 spiro atoms. The van der Waals surface area contributed by atoms with Crippen LogP contribution in [0.15, 0.2) is 36.2 Å². The molecule has 1 aliphatic rings. The van der Waals surface area contributed by atoms with E-state index in [0.29, 0.717) is 6.61 Å². The SMILES string of the molecule is CC=C(F)C(=O)NC1CCCOc2ccccc21. The van der Waals surface area contributed by atoms with Gasteiger partial charge in [-0.25, -0.2) is 4.39 Å². The summed E-state index contributed by atoms with van der Waals surface area (Å²) in [4.78, 5) is 11.6. The van der Waals surface area contributed by atoms with Gasteiger partial charge in [0, 0.05) is 5.56 Å². The van der Waals surface area contributed by atoms with Crippen molar-refractivity contribution in [2.45, 2.75) is 25.8 Å². The minimum Gasteiger partial charge on any atom is -0.493 e. The quantitative estimate of drug-likeness (QED) is 0.818. The number of amides is 1. The van der Waals surface area contributed by atoms with Gasteiger partial charge < -0.3 is 10.1 Å². The molecule has 96 valence electrons. The number of rotatable bonds is 2. The summed E-state index contributed by atoms with van der Waals surface area (Å²) in [5.41, 5.74) is 0.909. The van der Waals surface area contributed by atoms with Crippen molar-refractivity contribution < 1.29 is 13.9 Å². The van der Waals surface area contributed by atoms with E-state index in [4.69, 9.17) is 4.74 Å². The highest BCUT2D eigenvalue weighted by Gasteiger charge is 2.22. The van der Waals surface area contributed by atoms with Crippen LogP contribution in [0.2, 0.25) is 0 Å². The number of hydrogen-bond donors (Lipinski definition) is 1. The van der Waals surface area contributed by atoms with Gasteiger partial charge in [0.05, 0.1) is 12.6 Å². The zero-order chi connectivity index (χ0) is 13.0. The molecule has 4 heteroatoms. The second-order valence-electron chi connectivity index (χ2n) is 4.19. The number of para-hydroxylation sites is 1. The van der Waals surface area contributed by atoms with E-state index in [0.717, 1.165) is 30.2 Å². The molecule has 0 aromatic heterocycles. The van der Waals surface area contributed by atoms with Crippen molar-refractivity contribution in [1.82, 2.24) is 5.32 Å². The van der Waals surface area contributed by atoms with Crippen LogP contribution < -0.4 is 10.1 Å². The Hall–Kier alpha value is -1.84. The number of allylic oxidation sites excluding steroid dienone is 1. The van der Waals surface area contributed by atoms with E-state index in [1.807, 2.05) is 24.3 Å². The van der Waals surface area contributed by atoms with Gasteiger partial charge in [-0.15, -0.1) is 0 Å². The van der Waals surface area contributed by atoms with E-state index >= 15 is 0 Å². The highest BCUT2D eigenvalue weighted by Crippen LogP contribution is 2.31. The normalized spacial score (nSPS) is 19.4. The topological polar surface area (TPSA) is 38.3 Å². The van der Waals surface area contributed by atoms with Gasteiger partial charge in [-0.3, -0.25) is 4.79 Å². The standard InChI is InChI=1S/C14H16FNO2/c1-2-11(15)14(17)16-12-7-5-9-18-13-8-4-3-6-10(12)13/h2-4,6,8,12H,5,7,9H2,1H3,(H,16,17). The lowest BCUT2D eigenvalue weighted by Gasteiger charge is -2.17. The molecule has 1 atom stereocenters. The zero-order valence-corrected chi connectivity index (χ0v) is 10.3. The van der Waals surface area contributed by atoms with E-state index in [1.54, 1.807) is 0 Å². The third kappa shape index (κ3) is 2.70. The van der Waals surface area contributed by atoms with Gasteiger partial charge in [0.1, 0.15) is 5.75 Å². The summed E-state index contributed by atoms with van der Waals surface area (Å²) < 4.78 is 18.8. The highest BCUT2D eigenvalue weighted by atomic mass is 19.1. The first-order chi connectivity index (χ1) is 8.72. The van der Waals surface area contributed by atoms with Crippen LogP contribution in [-0.2, 0) is 4.79 Å². The summed E-state index contributed by atoms with van der Waals surface area (Å²) in [6.07, 6.45) is 2.74. The van der Waals surface area contributed by atoms with Crippen molar-refractivity contribution in [3.63, 3.8) is 0 Å². The second kappa shape index (κ2) is 5.67. The molecule has 1 aliphatic heterocycles. The van der Waals surface area contributed by atoms with Gasteiger partial charge in [-0.2, -0.15) is 0 Å². The average Bonchev–Trinajstić information content (AvgIpc) is 2.60. The second-order valence-corrected chi connectivity index (χ2v) is 4.19. The average molecular weight is 249 g/mol. The Morgan fingerprint density at radius 2 is 2.28 bits per heavy atom. The molecule has 2 rings (SSSR count). The number of halogens is 1. The predicted octanol–water partition coefficient (Wildman–Crippen LogP) is 2.89. The molecule has 3 nitrogen and oxygen atoms in total. The van der Waals surface area contributed by atoms with Gasteiger partial charge >= 0.3 is 0 Å². The monoisotopic (exact) mass is 249 g/mol. The summed E-state index contributed by atoms with van der Waals surface area (Å²) in [5.74, 6) is -0.655. The van der Waals surface area contributed by atoms with Crippen molar-refractivity contribution in [1.29, 1.82) is 0 Å². The number of carbonyl (C=O) groups is 1. The molecule has 0 saturated heterocycles. The first-order valence-electron chi connectivity index (χ1n) is 6.06. The largest absolute Gasteiger partial charge is 0.493 e. The Balaban J connectivity index is 2.20. The molecule has 1 aromatic rings. The van der Waals surface area contributed by atoms with Crippen LogP contribution in [0.1, 0.15) is 31.4 Å². The third-order valence-electron chi connectivity index (χ3n) is 2.96. The number of hydrogen-bond acceptors (Lipinski definition) is 2. The van der Waals surface area contributed by atoms with E-state index in [2.05, 4.69) is 5.32 Å². The van der Waals surface area contributed by atoms with Gasteiger partial charge in [0.15, 0.2) is 5.83 Å². The molecule has 18 heavy (non-hydrogen) atoms. The van der Waals surface area contributed by atoms with E-state index in [1.165, 1.54) is 6.92 Å². The number of benzene rings is 1. The first kappa shape index (κ1) is 12.6. The Bertz CT molecular complexity index is 471. The van der Waals surface area contributed by atoms with E-state index in [9.17, 15) is 9.18 Å². The lowest BCUT2D eigenvalue weighted by Crippen LogP contribution is -2.28. The summed E-state index contributed by atoms with van der Waals surface area (Å²) >= 11 is 0. The third-order valence-corrected chi connectivity index (χ3v) is 2.96. The Kier molecular flexibility index (Phi) is 3.97. The first-order valence-corrected chi connectivity index (χ1v) is 6.06. The van der Waals surface area contributed by atoms with Gasteiger partial charge in [-0.05, 0) is 31.9 Å². The lowest BCUT2D eigenvalue weighted by atomic mass is 10.0. The highest BCUT2D eigenvalue weighted by molar-refractivity contribution is 5.91. The molecule has 0 bridgehead atoms. The molecule has 1 amide bonds. The molecular formula is C14H16FNO2. The van der Waals surface area contributed by atoms with Crippen LogP contribution in [0, 0.1) is 0 Å². The summed E-state index contributed by atoms with van der Waals surface area (Å²) in [7, 11) is 0. The molecule has 1 N–H and O–H groups in total. The minimum absolute atomic E-state index is 0.193. The predicted molar refractivity (Wildman–Crippen MR) is 66.9 cm³/mol. The maximum atomic E-state index is 13.2. The van der Waals surface area contributed by atoms with Crippen molar-refractivity contribution in [3.8, 4) is 5.75 Å². The van der Waals surface area contributed by atoms with Crippen molar-refractivity contribution in [2.75, 3.05) is 6.61 Å². The Morgan fingerprint density at radius 3 is 3.06 bits per heavy atom. The Morgan fingerprint density at radius 1 is 1.50 bits per heavy atom. The van der Waals surface area contributed by atoms with Gasteiger partial charge in [0.2, 0.25) is 0 Å². The fourth-order valence-electron chi connectivity index (χ4n) is 2.03. The molecule has 0 radical (unpaired) electrons. The minimum atomic E-state index is -0.752. The number of fused-ring (bicyclic) bond motifs is 1. The summed E-state index contributed by atoms with van der Waals surface area (Å²) in [6.45, 7) is 2.12. The molecule has 0 saturated carbocycles. The fraction of sp³-hybridized carbons (Fsp3) is 0.357. The van der Waals surface area contributed by atoms with Gasteiger partial charge in [0.25, 0.3) is 5.91 Å². The van der Waals surface area contributed by atoms with Crippen LogP contribution >= 0.6 is 0 Å². The Labute approximate surface area is 106 Å². The van der Waals surface area contributed by atoms with Crippen LogP contribution in [-0.4, -0.2) is 12.5 Å². The van der Waals surface area contributed by atoms with Gasteiger partial charge in [-0.1, -0.05) is 18.2 Å². The van der Waals surface area contributed by atoms with Crippen molar-refractivity contribution >= 4 is 5.91 Å². The van der Waals surface area contributed by atoms with Crippen LogP contribution in [0.4, 0.5) is 4.39 Å². The fourth-order valence-corrected chi connectivity index (χ4v) is 2.03. The molecule has 0 aliphatic carbocycles. The maximum Gasteiger partial charge on any atom is 0.280 e. The maximum absolute atomic E-state index is 13.2. The lowest BCUT2D eigenvalue weighted by molar-refractivity contribution is -0.119. The van der Waals surface area contributed by atoms with E-state index in [-0.39, 0.29) is 6.04 Å². The molecule has 1 unspecified atom stereocenters. The molecule has 1 aromatic carbocycles. The molecular weight excluding hydrogens is 233 g/mol. The summed E-state index contributed by atoms with van der Waals surface area (Å²) in [5, 5.41) is 2.70. The summed E-state index contributed by atoms with van der Waals surface area (Å²) in [6, 6.07) is 7.35. The zero-order valence-electron chi connectivity index (χ0n) is 10.3. The number of nitrogens with one attached hydrogen (secondary N) is 1. The van der Waals surface area contributed by atoms with Crippen LogP contribution in [0.5, 0.6) is 5.75 Å². The smallest absolute Gasteiger partial charge is 0.280 e. The van der Waals surface area contributed by atoms with E-state index < -0.39 is 11.7 Å².